The van der Waals surface area contributed by atoms with Crippen molar-refractivity contribution in [2.75, 3.05) is 33.4 Å². The number of ketones is 1. The number of carbonyl (C=O) groups is 2. The van der Waals surface area contributed by atoms with Gasteiger partial charge in [-0.3, -0.25) is 14.6 Å². The van der Waals surface area contributed by atoms with Gasteiger partial charge in [-0.2, -0.15) is 0 Å². The number of ether oxygens (including phenoxy) is 3. The second kappa shape index (κ2) is 8.54. The zero-order valence-electron chi connectivity index (χ0n) is 16.5. The van der Waals surface area contributed by atoms with Gasteiger partial charge in [-0.1, -0.05) is 6.07 Å². The highest BCUT2D eigenvalue weighted by Gasteiger charge is 2.35. The number of carbonyl (C=O) groups excluding carboxylic acids is 2. The molecule has 0 spiro atoms. The van der Waals surface area contributed by atoms with Crippen LogP contribution in [-0.2, 0) is 14.3 Å². The molecule has 156 valence electrons. The molecule has 0 aliphatic carbocycles. The van der Waals surface area contributed by atoms with Crippen molar-refractivity contribution in [1.82, 2.24) is 9.88 Å². The number of phenolic OH excluding ortho intramolecular Hbond substituents is 1. The van der Waals surface area contributed by atoms with Crippen LogP contribution in [0.1, 0.15) is 33.8 Å². The van der Waals surface area contributed by atoms with Gasteiger partial charge in [-0.05, 0) is 23.8 Å². The standard InChI is InChI=1S/C22H22N2O6/c1-28-19(26)11-16(14-3-2-6-23-12-14)20-17(25)5-4-15-21(27)18(30-22(15)20)13-24-7-9-29-10-8-24/h2-6,12-13,16,25H,7-11H2,1H3/b18-13-. The smallest absolute Gasteiger partial charge is 0.306 e. The molecule has 0 saturated carbocycles. The van der Waals surface area contributed by atoms with Crippen molar-refractivity contribution in [2.45, 2.75) is 12.3 Å². The average Bonchev–Trinajstić information content (AvgIpc) is 3.08. The summed E-state index contributed by atoms with van der Waals surface area (Å²) in [6, 6.07) is 6.54. The van der Waals surface area contributed by atoms with Gasteiger partial charge >= 0.3 is 5.97 Å². The number of nitrogens with zero attached hydrogens (tertiary/aromatic N) is 2. The topological polar surface area (TPSA) is 98.2 Å². The van der Waals surface area contributed by atoms with Crippen LogP contribution >= 0.6 is 0 Å². The van der Waals surface area contributed by atoms with Gasteiger partial charge in [0.1, 0.15) is 11.5 Å². The van der Waals surface area contributed by atoms with Gasteiger partial charge < -0.3 is 24.2 Å². The minimum absolute atomic E-state index is 0.0354. The molecule has 4 rings (SSSR count). The number of benzene rings is 1. The number of allylic oxidation sites excluding steroid dienone is 1. The molecule has 0 amide bonds. The predicted molar refractivity (Wildman–Crippen MR) is 106 cm³/mol. The molecule has 1 unspecified atom stereocenters. The molecule has 30 heavy (non-hydrogen) atoms. The summed E-state index contributed by atoms with van der Waals surface area (Å²) in [6.07, 6.45) is 4.89. The molecule has 1 aromatic heterocycles. The first-order chi connectivity index (χ1) is 14.6. The molecule has 1 N–H and O–H groups in total. The van der Waals surface area contributed by atoms with E-state index in [-0.39, 0.29) is 29.5 Å². The third-order valence-electron chi connectivity index (χ3n) is 5.23. The quantitative estimate of drug-likeness (QED) is 0.592. The van der Waals surface area contributed by atoms with Crippen molar-refractivity contribution in [3.05, 3.63) is 65.3 Å². The Kier molecular flexibility index (Phi) is 5.67. The highest BCUT2D eigenvalue weighted by Crippen LogP contribution is 2.46. The lowest BCUT2D eigenvalue weighted by molar-refractivity contribution is -0.140. The molecule has 8 heteroatoms. The third-order valence-corrected chi connectivity index (χ3v) is 5.23. The molecule has 1 atom stereocenters. The van der Waals surface area contributed by atoms with Crippen LogP contribution in [0.2, 0.25) is 0 Å². The molecule has 8 nitrogen and oxygen atoms in total. The Hall–Kier alpha value is -3.39. The van der Waals surface area contributed by atoms with Crippen LogP contribution in [0.25, 0.3) is 0 Å². The van der Waals surface area contributed by atoms with E-state index >= 15 is 0 Å². The van der Waals surface area contributed by atoms with Crippen LogP contribution in [0.3, 0.4) is 0 Å². The maximum Gasteiger partial charge on any atom is 0.306 e. The van der Waals surface area contributed by atoms with Gasteiger partial charge in [0.05, 0.1) is 32.3 Å². The first-order valence-electron chi connectivity index (χ1n) is 9.67. The van der Waals surface area contributed by atoms with Crippen LogP contribution < -0.4 is 4.74 Å². The van der Waals surface area contributed by atoms with E-state index in [2.05, 4.69) is 4.98 Å². The number of hydrogen-bond acceptors (Lipinski definition) is 8. The molecule has 0 radical (unpaired) electrons. The van der Waals surface area contributed by atoms with Gasteiger partial charge in [0.2, 0.25) is 5.78 Å². The van der Waals surface area contributed by atoms with Crippen LogP contribution in [0, 0.1) is 0 Å². The Labute approximate surface area is 173 Å². The van der Waals surface area contributed by atoms with E-state index < -0.39 is 11.9 Å². The van der Waals surface area contributed by atoms with Crippen molar-refractivity contribution in [3.8, 4) is 11.5 Å². The molecule has 1 fully saturated rings. The summed E-state index contributed by atoms with van der Waals surface area (Å²) in [4.78, 5) is 31.1. The number of phenols is 1. The lowest BCUT2D eigenvalue weighted by Gasteiger charge is -2.25. The molecule has 2 aliphatic rings. The maximum absolute atomic E-state index is 12.9. The fraction of sp³-hybridized carbons (Fsp3) is 0.318. The molecule has 3 heterocycles. The van der Waals surface area contributed by atoms with Gasteiger partial charge in [0.15, 0.2) is 5.76 Å². The predicted octanol–water partition coefficient (Wildman–Crippen LogP) is 2.23. The Morgan fingerprint density at radius 3 is 2.83 bits per heavy atom. The minimum atomic E-state index is -0.586. The number of aromatic hydroxyl groups is 1. The largest absolute Gasteiger partial charge is 0.508 e. The lowest BCUT2D eigenvalue weighted by Crippen LogP contribution is -2.32. The van der Waals surface area contributed by atoms with Crippen LogP contribution in [0.4, 0.5) is 0 Å². The number of rotatable bonds is 5. The van der Waals surface area contributed by atoms with E-state index in [1.165, 1.54) is 19.2 Å². The second-order valence-electron chi connectivity index (χ2n) is 7.07. The highest BCUT2D eigenvalue weighted by atomic mass is 16.5. The number of hydrogen-bond donors (Lipinski definition) is 1. The van der Waals surface area contributed by atoms with E-state index in [4.69, 9.17) is 14.2 Å². The molecule has 2 aliphatic heterocycles. The van der Waals surface area contributed by atoms with E-state index in [9.17, 15) is 14.7 Å². The SMILES string of the molecule is COC(=O)CC(c1cccnc1)c1c(O)ccc2c1O/C(=C\N1CCOCC1)C2=O. The summed E-state index contributed by atoms with van der Waals surface area (Å²) in [5.41, 5.74) is 1.42. The van der Waals surface area contributed by atoms with Crippen molar-refractivity contribution in [2.24, 2.45) is 0 Å². The lowest BCUT2D eigenvalue weighted by atomic mass is 9.87. The number of Topliss-reactive ketones (excluding diaryl/α,β-unsaturated/α-hetero) is 1. The summed E-state index contributed by atoms with van der Waals surface area (Å²) < 4.78 is 16.1. The summed E-state index contributed by atoms with van der Waals surface area (Å²) in [7, 11) is 1.31. The first-order valence-corrected chi connectivity index (χ1v) is 9.67. The van der Waals surface area contributed by atoms with Gasteiger partial charge in [-0.25, -0.2) is 0 Å². The monoisotopic (exact) mass is 410 g/mol. The molecular weight excluding hydrogens is 388 g/mol. The number of morpholine rings is 1. The van der Waals surface area contributed by atoms with E-state index in [1.807, 2.05) is 4.90 Å². The molecule has 1 saturated heterocycles. The summed E-state index contributed by atoms with van der Waals surface area (Å²) >= 11 is 0. The van der Waals surface area contributed by atoms with E-state index in [0.29, 0.717) is 43.0 Å². The Bertz CT molecular complexity index is 983. The summed E-state index contributed by atoms with van der Waals surface area (Å²) in [5.74, 6) is -0.919. The second-order valence-corrected chi connectivity index (χ2v) is 7.07. The van der Waals surface area contributed by atoms with Gasteiger partial charge in [-0.15, -0.1) is 0 Å². The fourth-order valence-electron chi connectivity index (χ4n) is 3.68. The summed E-state index contributed by atoms with van der Waals surface area (Å²) in [6.45, 7) is 2.49. The van der Waals surface area contributed by atoms with Gasteiger partial charge in [0, 0.05) is 43.2 Å². The Morgan fingerprint density at radius 2 is 2.13 bits per heavy atom. The normalized spacial score (nSPS) is 18.1. The molecule has 2 aromatic rings. The number of esters is 1. The maximum atomic E-state index is 12.9. The van der Waals surface area contributed by atoms with Crippen molar-refractivity contribution >= 4 is 11.8 Å². The highest BCUT2D eigenvalue weighted by molar-refractivity contribution is 6.12. The zero-order chi connectivity index (χ0) is 21.1. The fourth-order valence-corrected chi connectivity index (χ4v) is 3.68. The van der Waals surface area contributed by atoms with Crippen LogP contribution in [0.15, 0.2) is 48.6 Å². The molecular formula is C22H22N2O6. The van der Waals surface area contributed by atoms with Crippen molar-refractivity contribution in [1.29, 1.82) is 0 Å². The number of aromatic nitrogens is 1. The molecule has 1 aromatic carbocycles. The van der Waals surface area contributed by atoms with Crippen LogP contribution in [-0.4, -0.2) is 60.2 Å². The average molecular weight is 410 g/mol. The number of pyridine rings is 1. The summed E-state index contributed by atoms with van der Waals surface area (Å²) in [5, 5.41) is 10.7. The Balaban J connectivity index is 1.76. The minimum Gasteiger partial charge on any atom is -0.508 e. The zero-order valence-corrected chi connectivity index (χ0v) is 16.5. The van der Waals surface area contributed by atoms with E-state index in [0.717, 1.165) is 0 Å². The number of fused-ring (bicyclic) bond motifs is 1. The first kappa shape index (κ1) is 19.9. The van der Waals surface area contributed by atoms with Crippen molar-refractivity contribution < 1.29 is 28.9 Å². The van der Waals surface area contributed by atoms with Crippen LogP contribution in [0.5, 0.6) is 11.5 Å². The third kappa shape index (κ3) is 3.86. The van der Waals surface area contributed by atoms with Gasteiger partial charge in [0.25, 0.3) is 0 Å². The number of methoxy groups -OCH3 is 1. The van der Waals surface area contributed by atoms with E-state index in [1.54, 1.807) is 30.7 Å². The Morgan fingerprint density at radius 1 is 1.33 bits per heavy atom. The van der Waals surface area contributed by atoms with Crippen molar-refractivity contribution in [3.63, 3.8) is 0 Å². The molecule has 0 bridgehead atoms.